The number of fused-ring (bicyclic) bond motifs is 1. The molecule has 0 spiro atoms. The SMILES string of the molecule is O=C(CSc1nnc(NC2CCCCC2)s1)Nc1cccc2ccccc12. The average Bonchev–Trinajstić information content (AvgIpc) is 3.15. The van der Waals surface area contributed by atoms with Gasteiger partial charge in [-0.05, 0) is 24.3 Å². The van der Waals surface area contributed by atoms with Crippen LogP contribution in [0.1, 0.15) is 32.1 Å². The van der Waals surface area contributed by atoms with Crippen LogP contribution in [0.2, 0.25) is 0 Å². The lowest BCUT2D eigenvalue weighted by Crippen LogP contribution is -2.21. The Morgan fingerprint density at radius 2 is 1.89 bits per heavy atom. The van der Waals surface area contributed by atoms with Gasteiger partial charge in [-0.3, -0.25) is 4.79 Å². The van der Waals surface area contributed by atoms with Crippen molar-refractivity contribution >= 4 is 50.6 Å². The number of anilines is 2. The number of carbonyl (C=O) groups excluding carboxylic acids is 1. The first-order chi connectivity index (χ1) is 13.3. The van der Waals surface area contributed by atoms with E-state index in [4.69, 9.17) is 0 Å². The molecule has 5 nitrogen and oxygen atoms in total. The van der Waals surface area contributed by atoms with E-state index >= 15 is 0 Å². The molecule has 1 heterocycles. The highest BCUT2D eigenvalue weighted by Gasteiger charge is 2.15. The Morgan fingerprint density at radius 3 is 2.78 bits per heavy atom. The van der Waals surface area contributed by atoms with Crippen molar-refractivity contribution in [3.05, 3.63) is 42.5 Å². The number of nitrogens with zero attached hydrogens (tertiary/aromatic N) is 2. The molecule has 4 rings (SSSR count). The van der Waals surface area contributed by atoms with Gasteiger partial charge in [-0.15, -0.1) is 10.2 Å². The minimum atomic E-state index is -0.0339. The standard InChI is InChI=1S/C20H22N4OS2/c25-18(22-17-12-6-8-14-7-4-5-11-16(14)17)13-26-20-24-23-19(27-20)21-15-9-2-1-3-10-15/h4-8,11-12,15H,1-3,9-10,13H2,(H,21,23)(H,22,25). The van der Waals surface area contributed by atoms with Gasteiger partial charge in [0.1, 0.15) is 0 Å². The minimum Gasteiger partial charge on any atom is -0.357 e. The van der Waals surface area contributed by atoms with E-state index in [9.17, 15) is 4.79 Å². The number of thioether (sulfide) groups is 1. The first kappa shape index (κ1) is 18.3. The molecule has 27 heavy (non-hydrogen) atoms. The van der Waals surface area contributed by atoms with Crippen molar-refractivity contribution in [3.8, 4) is 0 Å². The molecule has 2 N–H and O–H groups in total. The molecule has 1 aromatic heterocycles. The second-order valence-corrected chi connectivity index (χ2v) is 8.92. The largest absolute Gasteiger partial charge is 0.357 e. The zero-order valence-corrected chi connectivity index (χ0v) is 16.6. The molecule has 1 aliphatic carbocycles. The fourth-order valence-electron chi connectivity index (χ4n) is 3.40. The van der Waals surface area contributed by atoms with E-state index in [0.717, 1.165) is 25.9 Å². The third-order valence-electron chi connectivity index (χ3n) is 4.73. The predicted molar refractivity (Wildman–Crippen MR) is 114 cm³/mol. The maximum absolute atomic E-state index is 12.4. The molecule has 0 saturated heterocycles. The van der Waals surface area contributed by atoms with E-state index in [0.29, 0.717) is 11.8 Å². The second-order valence-electron chi connectivity index (χ2n) is 6.72. The number of hydrogen-bond acceptors (Lipinski definition) is 6. The van der Waals surface area contributed by atoms with E-state index in [1.807, 2.05) is 42.5 Å². The van der Waals surface area contributed by atoms with Crippen LogP contribution >= 0.6 is 23.1 Å². The molecule has 0 radical (unpaired) electrons. The number of benzene rings is 2. The molecule has 0 aliphatic heterocycles. The van der Waals surface area contributed by atoms with Crippen molar-refractivity contribution in [3.63, 3.8) is 0 Å². The molecule has 1 fully saturated rings. The first-order valence-electron chi connectivity index (χ1n) is 9.28. The highest BCUT2D eigenvalue weighted by molar-refractivity contribution is 8.01. The first-order valence-corrected chi connectivity index (χ1v) is 11.1. The third-order valence-corrected chi connectivity index (χ3v) is 6.72. The van der Waals surface area contributed by atoms with Gasteiger partial charge in [-0.25, -0.2) is 0 Å². The monoisotopic (exact) mass is 398 g/mol. The van der Waals surface area contributed by atoms with Crippen molar-refractivity contribution in [1.29, 1.82) is 0 Å². The molecule has 2 aromatic carbocycles. The summed E-state index contributed by atoms with van der Waals surface area (Å²) in [7, 11) is 0. The smallest absolute Gasteiger partial charge is 0.234 e. The predicted octanol–water partition coefficient (Wildman–Crippen LogP) is 5.17. The van der Waals surface area contributed by atoms with Crippen LogP contribution in [0.4, 0.5) is 10.8 Å². The molecule has 3 aromatic rings. The lowest BCUT2D eigenvalue weighted by atomic mass is 9.96. The van der Waals surface area contributed by atoms with Gasteiger partial charge >= 0.3 is 0 Å². The molecule has 0 atom stereocenters. The van der Waals surface area contributed by atoms with Gasteiger partial charge in [-0.2, -0.15) is 0 Å². The van der Waals surface area contributed by atoms with Gasteiger partial charge in [-0.1, -0.05) is 78.8 Å². The average molecular weight is 399 g/mol. The Labute approximate surface area is 167 Å². The summed E-state index contributed by atoms with van der Waals surface area (Å²) in [5.41, 5.74) is 0.843. The second kappa shape index (κ2) is 8.71. The van der Waals surface area contributed by atoms with Crippen LogP contribution in [0.15, 0.2) is 46.8 Å². The summed E-state index contributed by atoms with van der Waals surface area (Å²) in [6.07, 6.45) is 6.31. The Balaban J connectivity index is 1.31. The van der Waals surface area contributed by atoms with Crippen molar-refractivity contribution in [2.75, 3.05) is 16.4 Å². The van der Waals surface area contributed by atoms with Crippen LogP contribution in [0.5, 0.6) is 0 Å². The van der Waals surface area contributed by atoms with Crippen LogP contribution in [0.3, 0.4) is 0 Å². The maximum atomic E-state index is 12.4. The van der Waals surface area contributed by atoms with Crippen LogP contribution in [0.25, 0.3) is 10.8 Å². The quantitative estimate of drug-likeness (QED) is 0.561. The van der Waals surface area contributed by atoms with Gasteiger partial charge < -0.3 is 10.6 Å². The highest BCUT2D eigenvalue weighted by Crippen LogP contribution is 2.29. The number of carbonyl (C=O) groups is 1. The van der Waals surface area contributed by atoms with Gasteiger partial charge in [0.25, 0.3) is 0 Å². The number of nitrogens with one attached hydrogen (secondary N) is 2. The summed E-state index contributed by atoms with van der Waals surface area (Å²) in [6.45, 7) is 0. The summed E-state index contributed by atoms with van der Waals surface area (Å²) < 4.78 is 0.821. The summed E-state index contributed by atoms with van der Waals surface area (Å²) >= 11 is 2.96. The van der Waals surface area contributed by atoms with E-state index in [1.165, 1.54) is 55.2 Å². The molecule has 0 bridgehead atoms. The van der Waals surface area contributed by atoms with Crippen molar-refractivity contribution in [2.45, 2.75) is 42.5 Å². The van der Waals surface area contributed by atoms with Crippen molar-refractivity contribution in [1.82, 2.24) is 10.2 Å². The maximum Gasteiger partial charge on any atom is 0.234 e. The molecule has 1 amide bonds. The van der Waals surface area contributed by atoms with Gasteiger partial charge in [0.15, 0.2) is 4.34 Å². The lowest BCUT2D eigenvalue weighted by Gasteiger charge is -2.21. The highest BCUT2D eigenvalue weighted by atomic mass is 32.2. The van der Waals surface area contributed by atoms with Crippen LogP contribution in [-0.4, -0.2) is 27.9 Å². The minimum absolute atomic E-state index is 0.0339. The number of rotatable bonds is 6. The fourth-order valence-corrected chi connectivity index (χ4v) is 5.02. The zero-order valence-electron chi connectivity index (χ0n) is 15.0. The van der Waals surface area contributed by atoms with Gasteiger partial charge in [0.2, 0.25) is 11.0 Å². The summed E-state index contributed by atoms with van der Waals surface area (Å²) in [6, 6.07) is 14.5. The topological polar surface area (TPSA) is 66.9 Å². The summed E-state index contributed by atoms with van der Waals surface area (Å²) in [4.78, 5) is 12.4. The summed E-state index contributed by atoms with van der Waals surface area (Å²) in [5.74, 6) is 0.287. The van der Waals surface area contributed by atoms with Crippen LogP contribution < -0.4 is 10.6 Å². The van der Waals surface area contributed by atoms with Gasteiger partial charge in [0.05, 0.1) is 5.75 Å². The Kier molecular flexibility index (Phi) is 5.89. The number of aromatic nitrogens is 2. The van der Waals surface area contributed by atoms with Crippen molar-refractivity contribution in [2.24, 2.45) is 0 Å². The molecule has 7 heteroatoms. The number of amides is 1. The fraction of sp³-hybridized carbons (Fsp3) is 0.350. The molecule has 1 saturated carbocycles. The molecule has 140 valence electrons. The van der Waals surface area contributed by atoms with E-state index in [1.54, 1.807) is 0 Å². The van der Waals surface area contributed by atoms with Crippen LogP contribution in [0, 0.1) is 0 Å². The lowest BCUT2D eigenvalue weighted by molar-refractivity contribution is -0.113. The van der Waals surface area contributed by atoms with E-state index in [-0.39, 0.29) is 5.91 Å². The Hall–Kier alpha value is -2.12. The van der Waals surface area contributed by atoms with Crippen molar-refractivity contribution < 1.29 is 4.79 Å². The van der Waals surface area contributed by atoms with Gasteiger partial charge in [0, 0.05) is 17.1 Å². The normalized spacial score (nSPS) is 15.0. The van der Waals surface area contributed by atoms with E-state index < -0.39 is 0 Å². The number of hydrogen-bond donors (Lipinski definition) is 2. The molecule has 1 aliphatic rings. The zero-order chi connectivity index (χ0) is 18.5. The Morgan fingerprint density at radius 1 is 1.07 bits per heavy atom. The summed E-state index contributed by atoms with van der Waals surface area (Å²) in [5, 5.41) is 17.9. The third kappa shape index (κ3) is 4.78. The Bertz CT molecular complexity index is 916. The molecular weight excluding hydrogens is 376 g/mol. The van der Waals surface area contributed by atoms with E-state index in [2.05, 4.69) is 20.8 Å². The molecule has 0 unspecified atom stereocenters. The molecular formula is C20H22N4OS2. The van der Waals surface area contributed by atoms with Crippen LogP contribution in [-0.2, 0) is 4.79 Å².